The summed E-state index contributed by atoms with van der Waals surface area (Å²) in [4.78, 5) is 0. The molecule has 0 amide bonds. The van der Waals surface area contributed by atoms with Crippen molar-refractivity contribution >= 4 is 0 Å². The average Bonchev–Trinajstić information content (AvgIpc) is 2.42. The fourth-order valence-corrected chi connectivity index (χ4v) is 2.68. The van der Waals surface area contributed by atoms with Crippen molar-refractivity contribution in [2.45, 2.75) is 32.6 Å². The lowest BCUT2D eigenvalue weighted by Gasteiger charge is -2.42. The van der Waals surface area contributed by atoms with E-state index in [4.69, 9.17) is 0 Å². The Labute approximate surface area is 91.9 Å². The molecule has 0 atom stereocenters. The molecule has 3 heteroatoms. The highest BCUT2D eigenvalue weighted by atomic mass is 15.3. The first-order valence-corrected chi connectivity index (χ1v) is 5.79. The molecule has 0 aromatic carbocycles. The summed E-state index contributed by atoms with van der Waals surface area (Å²) in [6.45, 7) is 3.20. The summed E-state index contributed by atoms with van der Waals surface area (Å²) in [6, 6.07) is 2.22. The van der Waals surface area contributed by atoms with Crippen LogP contribution in [0.25, 0.3) is 0 Å². The van der Waals surface area contributed by atoms with Crippen LogP contribution >= 0.6 is 0 Å². The molecule has 1 aromatic heterocycles. The van der Waals surface area contributed by atoms with Crippen LogP contribution in [0, 0.1) is 12.3 Å². The Balaban J connectivity index is 2.09. The molecule has 0 unspecified atom stereocenters. The van der Waals surface area contributed by atoms with Gasteiger partial charge in [-0.05, 0) is 44.7 Å². The van der Waals surface area contributed by atoms with Crippen LogP contribution in [-0.4, -0.2) is 23.4 Å². The maximum absolute atomic E-state index is 4.41. The van der Waals surface area contributed by atoms with E-state index >= 15 is 0 Å². The highest BCUT2D eigenvalue weighted by molar-refractivity contribution is 5.12. The Hall–Kier alpha value is -0.830. The number of hydrogen-bond donors (Lipinski definition) is 1. The molecule has 2 rings (SSSR count). The Morgan fingerprint density at radius 3 is 2.67 bits per heavy atom. The maximum atomic E-state index is 4.41. The number of hydrogen-bond acceptors (Lipinski definition) is 2. The fourth-order valence-electron chi connectivity index (χ4n) is 2.68. The number of aryl methyl sites for hydroxylation is 2. The minimum atomic E-state index is 0.509. The summed E-state index contributed by atoms with van der Waals surface area (Å²) in [5, 5.41) is 7.74. The minimum Gasteiger partial charge on any atom is -0.319 e. The molecule has 1 N–H and O–H groups in total. The summed E-state index contributed by atoms with van der Waals surface area (Å²) < 4.78 is 2.03. The quantitative estimate of drug-likeness (QED) is 0.814. The molecule has 0 bridgehead atoms. The molecule has 84 valence electrons. The van der Waals surface area contributed by atoms with Gasteiger partial charge in [-0.3, -0.25) is 4.68 Å². The topological polar surface area (TPSA) is 29.9 Å². The first kappa shape index (κ1) is 10.7. The predicted molar refractivity (Wildman–Crippen MR) is 61.9 cm³/mol. The lowest BCUT2D eigenvalue weighted by molar-refractivity contribution is 0.130. The Morgan fingerprint density at radius 2 is 2.27 bits per heavy atom. The van der Waals surface area contributed by atoms with Crippen LogP contribution in [0.3, 0.4) is 0 Å². The van der Waals surface area contributed by atoms with Gasteiger partial charge < -0.3 is 5.32 Å². The molecule has 1 aromatic rings. The highest BCUT2D eigenvalue weighted by Crippen LogP contribution is 2.43. The van der Waals surface area contributed by atoms with Gasteiger partial charge in [-0.15, -0.1) is 0 Å². The molecule has 0 spiro atoms. The van der Waals surface area contributed by atoms with Crippen molar-refractivity contribution < 1.29 is 0 Å². The van der Waals surface area contributed by atoms with Crippen molar-refractivity contribution in [2.75, 3.05) is 13.6 Å². The van der Waals surface area contributed by atoms with E-state index in [1.54, 1.807) is 0 Å². The molecular formula is C12H21N3. The highest BCUT2D eigenvalue weighted by Gasteiger charge is 2.36. The number of nitrogens with one attached hydrogen (secondary N) is 1. The van der Waals surface area contributed by atoms with E-state index in [9.17, 15) is 0 Å². The minimum absolute atomic E-state index is 0.509. The molecule has 0 radical (unpaired) electrons. The second kappa shape index (κ2) is 3.97. The molecule has 3 nitrogen and oxygen atoms in total. The van der Waals surface area contributed by atoms with E-state index in [0.29, 0.717) is 5.41 Å². The van der Waals surface area contributed by atoms with Crippen LogP contribution in [-0.2, 0) is 13.5 Å². The van der Waals surface area contributed by atoms with Gasteiger partial charge in [0.1, 0.15) is 0 Å². The molecule has 0 saturated heterocycles. The van der Waals surface area contributed by atoms with Gasteiger partial charge in [0.05, 0.1) is 5.69 Å². The first-order chi connectivity index (χ1) is 7.15. The Kier molecular flexibility index (Phi) is 2.83. The van der Waals surface area contributed by atoms with Crippen molar-refractivity contribution in [3.63, 3.8) is 0 Å². The SMILES string of the molecule is CNCC1(Cc2cc(C)nn2C)CCC1. The van der Waals surface area contributed by atoms with Crippen LogP contribution in [0.1, 0.15) is 30.7 Å². The number of rotatable bonds is 4. The third kappa shape index (κ3) is 2.07. The monoisotopic (exact) mass is 207 g/mol. The zero-order chi connectivity index (χ0) is 10.9. The van der Waals surface area contributed by atoms with Gasteiger partial charge in [0.2, 0.25) is 0 Å². The van der Waals surface area contributed by atoms with Gasteiger partial charge in [-0.25, -0.2) is 0 Å². The van der Waals surface area contributed by atoms with E-state index < -0.39 is 0 Å². The van der Waals surface area contributed by atoms with Crippen LogP contribution in [0.2, 0.25) is 0 Å². The molecule has 15 heavy (non-hydrogen) atoms. The third-order valence-electron chi connectivity index (χ3n) is 3.62. The second-order valence-electron chi connectivity index (χ2n) is 4.96. The summed E-state index contributed by atoms with van der Waals surface area (Å²) in [7, 11) is 4.10. The fraction of sp³-hybridized carbons (Fsp3) is 0.750. The van der Waals surface area contributed by atoms with Crippen molar-refractivity contribution in [3.05, 3.63) is 17.5 Å². The largest absolute Gasteiger partial charge is 0.319 e. The molecule has 1 saturated carbocycles. The van der Waals surface area contributed by atoms with Crippen LogP contribution in [0.15, 0.2) is 6.07 Å². The Morgan fingerprint density at radius 1 is 1.53 bits per heavy atom. The van der Waals surface area contributed by atoms with Crippen LogP contribution in [0.5, 0.6) is 0 Å². The maximum Gasteiger partial charge on any atom is 0.0596 e. The first-order valence-electron chi connectivity index (χ1n) is 5.79. The molecule has 1 aliphatic rings. The number of aromatic nitrogens is 2. The summed E-state index contributed by atoms with van der Waals surface area (Å²) in [6.07, 6.45) is 5.28. The molecule has 0 aliphatic heterocycles. The second-order valence-corrected chi connectivity index (χ2v) is 4.96. The van der Waals surface area contributed by atoms with Crippen molar-refractivity contribution in [3.8, 4) is 0 Å². The number of nitrogens with zero attached hydrogens (tertiary/aromatic N) is 2. The van der Waals surface area contributed by atoms with Gasteiger partial charge in [-0.1, -0.05) is 6.42 Å². The lowest BCUT2D eigenvalue weighted by Crippen LogP contribution is -2.40. The zero-order valence-electron chi connectivity index (χ0n) is 10.0. The van der Waals surface area contributed by atoms with E-state index in [2.05, 4.69) is 30.5 Å². The van der Waals surface area contributed by atoms with Crippen LogP contribution < -0.4 is 5.32 Å². The van der Waals surface area contributed by atoms with E-state index in [1.165, 1.54) is 31.4 Å². The van der Waals surface area contributed by atoms with E-state index in [0.717, 1.165) is 12.2 Å². The summed E-state index contributed by atoms with van der Waals surface area (Å²) in [5.41, 5.74) is 3.02. The summed E-state index contributed by atoms with van der Waals surface area (Å²) >= 11 is 0. The van der Waals surface area contributed by atoms with Gasteiger partial charge in [0.15, 0.2) is 0 Å². The van der Waals surface area contributed by atoms with Gasteiger partial charge >= 0.3 is 0 Å². The van der Waals surface area contributed by atoms with Gasteiger partial charge in [-0.2, -0.15) is 5.10 Å². The van der Waals surface area contributed by atoms with Crippen LogP contribution in [0.4, 0.5) is 0 Å². The van der Waals surface area contributed by atoms with Crippen molar-refractivity contribution in [1.29, 1.82) is 0 Å². The lowest BCUT2D eigenvalue weighted by atomic mass is 9.66. The normalized spacial score (nSPS) is 18.9. The Bertz CT molecular complexity index is 337. The molecule has 1 fully saturated rings. The standard InChI is InChI=1S/C12H21N3/c1-10-7-11(15(3)14-10)8-12(9-13-2)5-4-6-12/h7,13H,4-6,8-9H2,1-3H3. The van der Waals surface area contributed by atoms with Crippen molar-refractivity contribution in [2.24, 2.45) is 12.5 Å². The van der Waals surface area contributed by atoms with Gasteiger partial charge in [0, 0.05) is 19.3 Å². The third-order valence-corrected chi connectivity index (χ3v) is 3.62. The molecule has 1 heterocycles. The smallest absolute Gasteiger partial charge is 0.0596 e. The molecule has 1 aliphatic carbocycles. The van der Waals surface area contributed by atoms with E-state index in [1.807, 2.05) is 11.7 Å². The van der Waals surface area contributed by atoms with E-state index in [-0.39, 0.29) is 0 Å². The molecular weight excluding hydrogens is 186 g/mol. The van der Waals surface area contributed by atoms with Gasteiger partial charge in [0.25, 0.3) is 0 Å². The summed E-state index contributed by atoms with van der Waals surface area (Å²) in [5.74, 6) is 0. The predicted octanol–water partition coefficient (Wildman–Crippen LogP) is 1.66. The van der Waals surface area contributed by atoms with Crippen molar-refractivity contribution in [1.82, 2.24) is 15.1 Å². The average molecular weight is 207 g/mol. The zero-order valence-corrected chi connectivity index (χ0v) is 10.0.